The van der Waals surface area contributed by atoms with Crippen LogP contribution in [0.5, 0.6) is 0 Å². The molecule has 0 atom stereocenters. The van der Waals surface area contributed by atoms with Gasteiger partial charge < -0.3 is 4.42 Å². The van der Waals surface area contributed by atoms with Gasteiger partial charge in [-0.05, 0) is 34.7 Å². The second-order valence-electron chi connectivity index (χ2n) is 4.22. The van der Waals surface area contributed by atoms with E-state index in [9.17, 15) is 0 Å². The predicted octanol–water partition coefficient (Wildman–Crippen LogP) is 4.61. The maximum atomic E-state index is 5.18. The Labute approximate surface area is 101 Å². The third-order valence-electron chi connectivity index (χ3n) is 3.21. The van der Waals surface area contributed by atoms with E-state index in [0.29, 0.717) is 0 Å². The lowest BCUT2D eigenvalue weighted by molar-refractivity contribution is 0.552. The minimum Gasteiger partial charge on any atom is -0.472 e. The van der Waals surface area contributed by atoms with Crippen molar-refractivity contribution in [2.24, 2.45) is 0 Å². The molecule has 0 bridgehead atoms. The molecular formula is C16H14O. The highest BCUT2D eigenvalue weighted by Crippen LogP contribution is 2.35. The standard InChI is InChI=1S/C16H14O/c1-2-12-3-5-13(6-4-12)15-8-7-14-11-17-10-9-16(14)15/h3-11H,2H2,1H3. The van der Waals surface area contributed by atoms with Crippen molar-refractivity contribution in [1.82, 2.24) is 0 Å². The zero-order valence-corrected chi connectivity index (χ0v) is 9.81. The summed E-state index contributed by atoms with van der Waals surface area (Å²) in [6, 6.07) is 15.1. The van der Waals surface area contributed by atoms with Gasteiger partial charge in [0.1, 0.15) is 0 Å². The number of hydrogen-bond acceptors (Lipinski definition) is 1. The van der Waals surface area contributed by atoms with Gasteiger partial charge >= 0.3 is 0 Å². The van der Waals surface area contributed by atoms with Gasteiger partial charge in [0.2, 0.25) is 0 Å². The van der Waals surface area contributed by atoms with E-state index in [1.807, 2.05) is 6.07 Å². The maximum absolute atomic E-state index is 5.18. The van der Waals surface area contributed by atoms with Gasteiger partial charge in [0.05, 0.1) is 12.5 Å². The molecule has 0 unspecified atom stereocenters. The second kappa shape index (κ2) is 4.10. The molecule has 1 nitrogen and oxygen atoms in total. The molecule has 1 aliphatic carbocycles. The average molecular weight is 222 g/mol. The summed E-state index contributed by atoms with van der Waals surface area (Å²) in [4.78, 5) is 0. The van der Waals surface area contributed by atoms with Crippen LogP contribution in [0.4, 0.5) is 0 Å². The molecule has 0 aromatic heterocycles. The molecule has 0 N–H and O–H groups in total. The van der Waals surface area contributed by atoms with Crippen molar-refractivity contribution >= 4 is 0 Å². The molecule has 0 spiro atoms. The van der Waals surface area contributed by atoms with Crippen molar-refractivity contribution < 1.29 is 4.42 Å². The van der Waals surface area contributed by atoms with Crippen LogP contribution in [0.3, 0.4) is 0 Å². The molecule has 2 aliphatic rings. The normalized spacial score (nSPS) is 10.9. The smallest absolute Gasteiger partial charge is 0.0980 e. The van der Waals surface area contributed by atoms with Crippen LogP contribution in [0.1, 0.15) is 12.5 Å². The van der Waals surface area contributed by atoms with Crippen molar-refractivity contribution in [3.05, 3.63) is 60.6 Å². The minimum atomic E-state index is 1.08. The summed E-state index contributed by atoms with van der Waals surface area (Å²) in [6.45, 7) is 2.18. The number of hydrogen-bond donors (Lipinski definition) is 0. The van der Waals surface area contributed by atoms with Crippen LogP contribution in [0.2, 0.25) is 0 Å². The van der Waals surface area contributed by atoms with E-state index in [0.717, 1.165) is 12.0 Å². The second-order valence-corrected chi connectivity index (χ2v) is 4.22. The first-order valence-corrected chi connectivity index (χ1v) is 5.92. The van der Waals surface area contributed by atoms with Crippen molar-refractivity contribution in [2.45, 2.75) is 13.3 Å². The molecule has 0 fully saturated rings. The predicted molar refractivity (Wildman–Crippen MR) is 70.1 cm³/mol. The fourth-order valence-corrected chi connectivity index (χ4v) is 2.19. The Hall–Kier alpha value is -2.02. The lowest BCUT2D eigenvalue weighted by atomic mass is 10.0. The molecular weight excluding hydrogens is 208 g/mol. The Morgan fingerprint density at radius 2 is 1.53 bits per heavy atom. The van der Waals surface area contributed by atoms with E-state index in [2.05, 4.69) is 43.3 Å². The lowest BCUT2D eigenvalue weighted by Gasteiger charge is -2.04. The highest BCUT2D eigenvalue weighted by molar-refractivity contribution is 5.85. The fourth-order valence-electron chi connectivity index (χ4n) is 2.19. The SMILES string of the molecule is CCc1ccc(-c2ccc3coccc2-3)cc1. The summed E-state index contributed by atoms with van der Waals surface area (Å²) >= 11 is 0. The number of aryl methyl sites for hydroxylation is 1. The number of benzene rings is 1. The van der Waals surface area contributed by atoms with Crippen LogP contribution in [0.25, 0.3) is 22.3 Å². The third-order valence-corrected chi connectivity index (χ3v) is 3.21. The zero-order chi connectivity index (χ0) is 11.7. The molecule has 0 radical (unpaired) electrons. The Balaban J connectivity index is 2.09. The lowest BCUT2D eigenvalue weighted by Crippen LogP contribution is -1.81. The third kappa shape index (κ3) is 1.74. The van der Waals surface area contributed by atoms with Crippen LogP contribution >= 0.6 is 0 Å². The highest BCUT2D eigenvalue weighted by Gasteiger charge is 2.10. The Bertz CT molecular complexity index is 589. The molecule has 0 saturated carbocycles. The van der Waals surface area contributed by atoms with Crippen LogP contribution in [0.15, 0.2) is 59.4 Å². The van der Waals surface area contributed by atoms with E-state index in [1.54, 1.807) is 12.5 Å². The zero-order valence-electron chi connectivity index (χ0n) is 9.81. The van der Waals surface area contributed by atoms with E-state index in [1.165, 1.54) is 22.3 Å². The van der Waals surface area contributed by atoms with E-state index in [-0.39, 0.29) is 0 Å². The summed E-state index contributed by atoms with van der Waals surface area (Å²) < 4.78 is 5.18. The first-order chi connectivity index (χ1) is 8.38. The molecule has 17 heavy (non-hydrogen) atoms. The quantitative estimate of drug-likeness (QED) is 0.617. The largest absolute Gasteiger partial charge is 0.472 e. The molecule has 1 aromatic carbocycles. The molecule has 0 saturated heterocycles. The van der Waals surface area contributed by atoms with E-state index >= 15 is 0 Å². The number of rotatable bonds is 2. The van der Waals surface area contributed by atoms with Gasteiger partial charge in [-0.25, -0.2) is 0 Å². The van der Waals surface area contributed by atoms with Crippen molar-refractivity contribution in [1.29, 1.82) is 0 Å². The van der Waals surface area contributed by atoms with E-state index in [4.69, 9.17) is 4.42 Å². The first-order valence-electron chi connectivity index (χ1n) is 5.92. The summed E-state index contributed by atoms with van der Waals surface area (Å²) in [6.07, 6.45) is 4.60. The highest BCUT2D eigenvalue weighted by atomic mass is 16.3. The van der Waals surface area contributed by atoms with Gasteiger partial charge in [0.25, 0.3) is 0 Å². The van der Waals surface area contributed by atoms with Gasteiger partial charge in [-0.15, -0.1) is 0 Å². The van der Waals surface area contributed by atoms with Crippen molar-refractivity contribution in [2.75, 3.05) is 0 Å². The minimum absolute atomic E-state index is 1.08. The summed E-state index contributed by atoms with van der Waals surface area (Å²) in [5, 5.41) is 0. The summed E-state index contributed by atoms with van der Waals surface area (Å²) in [7, 11) is 0. The molecule has 1 aromatic rings. The van der Waals surface area contributed by atoms with Gasteiger partial charge in [0, 0.05) is 5.56 Å². The average Bonchev–Trinajstić information content (AvgIpc) is 2.83. The van der Waals surface area contributed by atoms with Gasteiger partial charge in [-0.1, -0.05) is 43.3 Å². The molecule has 1 heterocycles. The van der Waals surface area contributed by atoms with Crippen LogP contribution in [0, 0.1) is 0 Å². The van der Waals surface area contributed by atoms with Crippen LogP contribution in [-0.2, 0) is 6.42 Å². The summed E-state index contributed by atoms with van der Waals surface area (Å²) in [5.74, 6) is 0. The maximum Gasteiger partial charge on any atom is 0.0980 e. The van der Waals surface area contributed by atoms with Crippen LogP contribution < -0.4 is 0 Å². The number of fused-ring (bicyclic) bond motifs is 1. The monoisotopic (exact) mass is 222 g/mol. The Morgan fingerprint density at radius 1 is 0.824 bits per heavy atom. The molecule has 3 rings (SSSR count). The Morgan fingerprint density at radius 3 is 2.29 bits per heavy atom. The first kappa shape index (κ1) is 10.2. The van der Waals surface area contributed by atoms with Gasteiger partial charge in [-0.2, -0.15) is 0 Å². The van der Waals surface area contributed by atoms with Crippen LogP contribution in [-0.4, -0.2) is 0 Å². The Kier molecular flexibility index (Phi) is 2.45. The molecule has 1 heteroatoms. The van der Waals surface area contributed by atoms with Gasteiger partial charge in [0.15, 0.2) is 0 Å². The van der Waals surface area contributed by atoms with E-state index < -0.39 is 0 Å². The molecule has 84 valence electrons. The van der Waals surface area contributed by atoms with Crippen molar-refractivity contribution in [3.8, 4) is 22.3 Å². The molecule has 1 aliphatic heterocycles. The summed E-state index contributed by atoms with van der Waals surface area (Å²) in [5.41, 5.74) is 6.32. The fraction of sp³-hybridized carbons (Fsp3) is 0.125. The van der Waals surface area contributed by atoms with Crippen molar-refractivity contribution in [3.63, 3.8) is 0 Å². The topological polar surface area (TPSA) is 13.1 Å². The molecule has 0 amide bonds. The van der Waals surface area contributed by atoms with Gasteiger partial charge in [-0.3, -0.25) is 0 Å².